The van der Waals surface area contributed by atoms with Gasteiger partial charge >= 0.3 is 0 Å². The second-order valence-electron chi connectivity index (χ2n) is 5.31. The summed E-state index contributed by atoms with van der Waals surface area (Å²) < 4.78 is 5.78. The van der Waals surface area contributed by atoms with E-state index in [0.717, 1.165) is 19.6 Å². The van der Waals surface area contributed by atoms with Gasteiger partial charge in [0.2, 0.25) is 0 Å². The highest BCUT2D eigenvalue weighted by molar-refractivity contribution is 5.96. The van der Waals surface area contributed by atoms with Crippen LogP contribution in [0.1, 0.15) is 44.5 Å². The monoisotopic (exact) mass is 277 g/mol. The zero-order valence-electron chi connectivity index (χ0n) is 13.2. The van der Waals surface area contributed by atoms with Crippen LogP contribution in [0.2, 0.25) is 0 Å². The number of carbonyl (C=O) groups excluding carboxylic acids is 1. The van der Waals surface area contributed by atoms with Crippen LogP contribution in [0.4, 0.5) is 0 Å². The molecule has 3 heteroatoms. The van der Waals surface area contributed by atoms with E-state index in [9.17, 15) is 4.79 Å². The number of benzene rings is 1. The Labute approximate surface area is 122 Å². The van der Waals surface area contributed by atoms with Crippen molar-refractivity contribution in [3.63, 3.8) is 0 Å². The molecule has 112 valence electrons. The third kappa shape index (κ3) is 5.33. The number of ketones is 1. The van der Waals surface area contributed by atoms with Crippen LogP contribution in [0.25, 0.3) is 0 Å². The average Bonchev–Trinajstić information content (AvgIpc) is 2.46. The van der Waals surface area contributed by atoms with E-state index in [-0.39, 0.29) is 5.78 Å². The summed E-state index contributed by atoms with van der Waals surface area (Å²) >= 11 is 0. The van der Waals surface area contributed by atoms with Gasteiger partial charge in [-0.3, -0.25) is 9.69 Å². The first-order valence-electron chi connectivity index (χ1n) is 7.53. The average molecular weight is 277 g/mol. The molecule has 0 heterocycles. The Morgan fingerprint density at radius 3 is 2.60 bits per heavy atom. The van der Waals surface area contributed by atoms with Crippen molar-refractivity contribution in [3.05, 3.63) is 29.8 Å². The number of likely N-dealkylation sites (N-methyl/N-ethyl adjacent to an activating group) is 1. The zero-order chi connectivity index (χ0) is 15.0. The van der Waals surface area contributed by atoms with Crippen molar-refractivity contribution in [2.75, 3.05) is 26.2 Å². The van der Waals surface area contributed by atoms with Crippen LogP contribution in [-0.4, -0.2) is 36.9 Å². The lowest BCUT2D eigenvalue weighted by Gasteiger charge is -2.23. The summed E-state index contributed by atoms with van der Waals surface area (Å²) in [7, 11) is 0. The Morgan fingerprint density at radius 2 is 2.00 bits per heavy atom. The second-order valence-corrected chi connectivity index (χ2v) is 5.31. The van der Waals surface area contributed by atoms with Gasteiger partial charge in [0.25, 0.3) is 0 Å². The Balaban J connectivity index is 2.49. The first kappa shape index (κ1) is 16.7. The molecule has 1 unspecified atom stereocenters. The minimum Gasteiger partial charge on any atom is -0.491 e. The molecule has 0 fully saturated rings. The maximum absolute atomic E-state index is 11.5. The van der Waals surface area contributed by atoms with Gasteiger partial charge in [0.05, 0.1) is 5.56 Å². The van der Waals surface area contributed by atoms with E-state index < -0.39 is 0 Å². The number of carbonyl (C=O) groups is 1. The van der Waals surface area contributed by atoms with Gasteiger partial charge in [-0.2, -0.15) is 0 Å². The molecule has 0 saturated heterocycles. The van der Waals surface area contributed by atoms with Gasteiger partial charge in [0, 0.05) is 13.1 Å². The predicted molar refractivity (Wildman–Crippen MR) is 83.5 cm³/mol. The standard InChI is InChI=1S/C17H27NO2/c1-5-14(3)13-18(6-2)11-12-20-17-10-8-7-9-16(17)15(4)19/h7-10,14H,5-6,11-13H2,1-4H3. The van der Waals surface area contributed by atoms with Crippen LogP contribution >= 0.6 is 0 Å². The second kappa shape index (κ2) is 8.75. The summed E-state index contributed by atoms with van der Waals surface area (Å²) in [5.41, 5.74) is 0.664. The van der Waals surface area contributed by atoms with Crippen molar-refractivity contribution in [2.24, 2.45) is 5.92 Å². The topological polar surface area (TPSA) is 29.5 Å². The number of para-hydroxylation sites is 1. The molecule has 3 nitrogen and oxygen atoms in total. The SMILES string of the molecule is CCC(C)CN(CC)CCOc1ccccc1C(C)=O. The van der Waals surface area contributed by atoms with Gasteiger partial charge < -0.3 is 4.74 Å². The van der Waals surface area contributed by atoms with Crippen molar-refractivity contribution in [3.8, 4) is 5.75 Å². The van der Waals surface area contributed by atoms with E-state index in [4.69, 9.17) is 4.74 Å². The van der Waals surface area contributed by atoms with Crippen molar-refractivity contribution in [1.82, 2.24) is 4.90 Å². The third-order valence-electron chi connectivity index (χ3n) is 3.65. The summed E-state index contributed by atoms with van der Waals surface area (Å²) in [5, 5.41) is 0. The molecule has 1 rings (SSSR count). The van der Waals surface area contributed by atoms with Crippen molar-refractivity contribution >= 4 is 5.78 Å². The van der Waals surface area contributed by atoms with Gasteiger partial charge in [-0.15, -0.1) is 0 Å². The van der Waals surface area contributed by atoms with Gasteiger partial charge in [-0.05, 0) is 31.5 Å². The predicted octanol–water partition coefficient (Wildman–Crippen LogP) is 3.64. The van der Waals surface area contributed by atoms with Gasteiger partial charge in [0.15, 0.2) is 5.78 Å². The largest absolute Gasteiger partial charge is 0.491 e. The van der Waals surface area contributed by atoms with Gasteiger partial charge in [-0.25, -0.2) is 0 Å². The van der Waals surface area contributed by atoms with Crippen molar-refractivity contribution < 1.29 is 9.53 Å². The van der Waals surface area contributed by atoms with Crippen LogP contribution in [0.3, 0.4) is 0 Å². The molecule has 0 spiro atoms. The number of nitrogens with zero attached hydrogens (tertiary/aromatic N) is 1. The third-order valence-corrected chi connectivity index (χ3v) is 3.65. The molecule has 0 saturated carbocycles. The molecule has 0 bridgehead atoms. The van der Waals surface area contributed by atoms with Crippen LogP contribution in [-0.2, 0) is 0 Å². The molecule has 0 radical (unpaired) electrons. The molecule has 0 aliphatic carbocycles. The van der Waals surface area contributed by atoms with E-state index in [0.29, 0.717) is 23.8 Å². The first-order valence-corrected chi connectivity index (χ1v) is 7.53. The number of rotatable bonds is 9. The Bertz CT molecular complexity index is 417. The highest BCUT2D eigenvalue weighted by Gasteiger charge is 2.10. The molecule has 0 N–H and O–H groups in total. The molecular weight excluding hydrogens is 250 g/mol. The maximum Gasteiger partial charge on any atom is 0.163 e. The van der Waals surface area contributed by atoms with Crippen LogP contribution in [0, 0.1) is 5.92 Å². The summed E-state index contributed by atoms with van der Waals surface area (Å²) in [6.07, 6.45) is 1.20. The van der Waals surface area contributed by atoms with Crippen LogP contribution in [0.5, 0.6) is 5.75 Å². The molecule has 0 aliphatic heterocycles. The first-order chi connectivity index (χ1) is 9.58. The number of hydrogen-bond donors (Lipinski definition) is 0. The molecule has 1 atom stereocenters. The molecule has 20 heavy (non-hydrogen) atoms. The lowest BCUT2D eigenvalue weighted by atomic mass is 10.1. The minimum atomic E-state index is 0.0487. The number of ether oxygens (including phenoxy) is 1. The molecule has 1 aromatic rings. The molecule has 0 amide bonds. The molecule has 0 aromatic heterocycles. The van der Waals surface area contributed by atoms with E-state index in [2.05, 4.69) is 25.7 Å². The highest BCUT2D eigenvalue weighted by Crippen LogP contribution is 2.18. The Hall–Kier alpha value is -1.35. The summed E-state index contributed by atoms with van der Waals surface area (Å²) in [6, 6.07) is 7.44. The summed E-state index contributed by atoms with van der Waals surface area (Å²) in [5.74, 6) is 1.45. The Morgan fingerprint density at radius 1 is 1.30 bits per heavy atom. The fraction of sp³-hybridized carbons (Fsp3) is 0.588. The van der Waals surface area contributed by atoms with E-state index in [1.54, 1.807) is 6.92 Å². The quantitative estimate of drug-likeness (QED) is 0.645. The van der Waals surface area contributed by atoms with Crippen LogP contribution < -0.4 is 4.74 Å². The number of hydrogen-bond acceptors (Lipinski definition) is 3. The van der Waals surface area contributed by atoms with Crippen molar-refractivity contribution in [1.29, 1.82) is 0 Å². The lowest BCUT2D eigenvalue weighted by Crippen LogP contribution is -2.32. The Kier molecular flexibility index (Phi) is 7.31. The van der Waals surface area contributed by atoms with E-state index >= 15 is 0 Å². The lowest BCUT2D eigenvalue weighted by molar-refractivity contribution is 0.101. The molecular formula is C17H27NO2. The molecule has 0 aliphatic rings. The number of Topliss-reactive ketones (excluding diaryl/α,β-unsaturated/α-hetero) is 1. The van der Waals surface area contributed by atoms with E-state index in [1.165, 1.54) is 6.42 Å². The fourth-order valence-corrected chi connectivity index (χ4v) is 2.12. The molecule has 1 aromatic carbocycles. The maximum atomic E-state index is 11.5. The van der Waals surface area contributed by atoms with E-state index in [1.807, 2.05) is 24.3 Å². The summed E-state index contributed by atoms with van der Waals surface area (Å²) in [6.45, 7) is 11.9. The highest BCUT2D eigenvalue weighted by atomic mass is 16.5. The van der Waals surface area contributed by atoms with Crippen LogP contribution in [0.15, 0.2) is 24.3 Å². The normalized spacial score (nSPS) is 12.4. The van der Waals surface area contributed by atoms with Gasteiger partial charge in [0.1, 0.15) is 12.4 Å². The van der Waals surface area contributed by atoms with Gasteiger partial charge in [-0.1, -0.05) is 39.3 Å². The zero-order valence-corrected chi connectivity index (χ0v) is 13.2. The fourth-order valence-electron chi connectivity index (χ4n) is 2.12. The summed E-state index contributed by atoms with van der Waals surface area (Å²) in [4.78, 5) is 13.9. The minimum absolute atomic E-state index is 0.0487. The smallest absolute Gasteiger partial charge is 0.163 e. The van der Waals surface area contributed by atoms with Crippen molar-refractivity contribution in [2.45, 2.75) is 34.1 Å².